The molecule has 3 atom stereocenters. The van der Waals surface area contributed by atoms with E-state index in [1.54, 1.807) is 6.92 Å². The molecule has 7 heteroatoms. The van der Waals surface area contributed by atoms with E-state index in [-0.39, 0.29) is 24.3 Å². The number of rotatable bonds is 6. The van der Waals surface area contributed by atoms with Crippen molar-refractivity contribution in [2.75, 3.05) is 13.2 Å². The average Bonchev–Trinajstić information content (AvgIpc) is 2.86. The van der Waals surface area contributed by atoms with Crippen LogP contribution in [-0.2, 0) is 4.74 Å². The molecular formula is C14H23N3O4. The summed E-state index contributed by atoms with van der Waals surface area (Å²) in [6.45, 7) is 4.50. The van der Waals surface area contributed by atoms with E-state index in [9.17, 15) is 14.7 Å². The van der Waals surface area contributed by atoms with Gasteiger partial charge in [0.1, 0.15) is 0 Å². The molecule has 1 aromatic rings. The highest BCUT2D eigenvalue weighted by Gasteiger charge is 2.36. The fraction of sp³-hybridized carbons (Fsp3) is 0.714. The van der Waals surface area contributed by atoms with Crippen molar-refractivity contribution in [2.45, 2.75) is 51.5 Å². The number of aromatic nitrogens is 2. The summed E-state index contributed by atoms with van der Waals surface area (Å²) >= 11 is 0. The van der Waals surface area contributed by atoms with Crippen LogP contribution in [0.1, 0.15) is 38.0 Å². The quantitative estimate of drug-likeness (QED) is 0.636. The summed E-state index contributed by atoms with van der Waals surface area (Å²) in [5.41, 5.74) is -0.419. The lowest BCUT2D eigenvalue weighted by molar-refractivity contribution is -0.0306. The molecule has 1 fully saturated rings. The smallest absolute Gasteiger partial charge is 0.330 e. The minimum absolute atomic E-state index is 0.0586. The Morgan fingerprint density at radius 2 is 2.29 bits per heavy atom. The zero-order valence-electron chi connectivity index (χ0n) is 12.5. The third-order valence-corrected chi connectivity index (χ3v) is 3.75. The molecule has 1 aliphatic rings. The van der Waals surface area contributed by atoms with E-state index in [2.05, 4.69) is 17.2 Å². The van der Waals surface area contributed by atoms with Gasteiger partial charge in [-0.05, 0) is 26.3 Å². The number of hydrogen-bond acceptors (Lipinski definition) is 5. The van der Waals surface area contributed by atoms with Crippen LogP contribution in [-0.4, -0.2) is 40.0 Å². The number of hydrogen-bond donors (Lipinski definition) is 3. The molecule has 118 valence electrons. The predicted molar refractivity (Wildman–Crippen MR) is 78.4 cm³/mol. The molecule has 2 rings (SSSR count). The van der Waals surface area contributed by atoms with Crippen molar-refractivity contribution < 1.29 is 9.84 Å². The Hall–Kier alpha value is -1.44. The third kappa shape index (κ3) is 3.61. The Balaban J connectivity index is 2.24. The number of nitrogens with one attached hydrogen (secondary N) is 2. The van der Waals surface area contributed by atoms with Gasteiger partial charge in [0.15, 0.2) is 6.23 Å². The molecule has 0 aromatic carbocycles. The molecule has 0 spiro atoms. The molecule has 3 N–H and O–H groups in total. The van der Waals surface area contributed by atoms with E-state index >= 15 is 0 Å². The lowest BCUT2D eigenvalue weighted by Crippen LogP contribution is -2.41. The maximum absolute atomic E-state index is 12.0. The number of aryl methyl sites for hydroxylation is 1. The Morgan fingerprint density at radius 3 is 2.95 bits per heavy atom. The molecule has 1 aliphatic heterocycles. The van der Waals surface area contributed by atoms with Crippen LogP contribution in [0.3, 0.4) is 0 Å². The van der Waals surface area contributed by atoms with Gasteiger partial charge >= 0.3 is 5.69 Å². The molecular weight excluding hydrogens is 274 g/mol. The Morgan fingerprint density at radius 1 is 1.52 bits per heavy atom. The number of ether oxygens (including phenoxy) is 1. The maximum Gasteiger partial charge on any atom is 0.330 e. The van der Waals surface area contributed by atoms with E-state index in [0.29, 0.717) is 12.0 Å². The molecule has 0 aliphatic carbocycles. The van der Waals surface area contributed by atoms with Crippen molar-refractivity contribution in [3.05, 3.63) is 32.6 Å². The highest BCUT2D eigenvalue weighted by Crippen LogP contribution is 2.27. The monoisotopic (exact) mass is 297 g/mol. The zero-order valence-corrected chi connectivity index (χ0v) is 12.5. The number of H-pyrrole nitrogens is 1. The second-order valence-electron chi connectivity index (χ2n) is 5.46. The minimum atomic E-state index is -0.512. The lowest BCUT2D eigenvalue weighted by atomic mass is 10.1. The van der Waals surface area contributed by atoms with E-state index in [1.165, 1.54) is 10.8 Å². The van der Waals surface area contributed by atoms with Gasteiger partial charge in [-0.3, -0.25) is 14.3 Å². The second kappa shape index (κ2) is 7.02. The Kier molecular flexibility index (Phi) is 5.33. The maximum atomic E-state index is 12.0. The van der Waals surface area contributed by atoms with Gasteiger partial charge in [-0.15, -0.1) is 0 Å². The second-order valence-corrected chi connectivity index (χ2v) is 5.46. The van der Waals surface area contributed by atoms with Gasteiger partial charge in [-0.25, -0.2) is 4.79 Å². The molecule has 0 amide bonds. The molecule has 1 aromatic heterocycles. The van der Waals surface area contributed by atoms with Gasteiger partial charge < -0.3 is 15.2 Å². The van der Waals surface area contributed by atoms with Crippen LogP contribution < -0.4 is 16.6 Å². The molecule has 0 bridgehead atoms. The fourth-order valence-electron chi connectivity index (χ4n) is 2.55. The summed E-state index contributed by atoms with van der Waals surface area (Å²) in [4.78, 5) is 25.7. The van der Waals surface area contributed by atoms with Crippen molar-refractivity contribution in [1.29, 1.82) is 0 Å². The molecule has 0 saturated carbocycles. The molecule has 7 nitrogen and oxygen atoms in total. The summed E-state index contributed by atoms with van der Waals surface area (Å²) in [5.74, 6) is 0. The first-order valence-corrected chi connectivity index (χ1v) is 7.38. The summed E-state index contributed by atoms with van der Waals surface area (Å²) in [6, 6.07) is -0.0586. The number of nitrogens with zero attached hydrogens (tertiary/aromatic N) is 1. The van der Waals surface area contributed by atoms with Gasteiger partial charge in [0.05, 0.1) is 18.8 Å². The first-order chi connectivity index (χ1) is 10.1. The summed E-state index contributed by atoms with van der Waals surface area (Å²) in [6.07, 6.45) is 3.45. The third-order valence-electron chi connectivity index (χ3n) is 3.75. The van der Waals surface area contributed by atoms with E-state index in [4.69, 9.17) is 4.74 Å². The van der Waals surface area contributed by atoms with Gasteiger partial charge in [-0.1, -0.05) is 13.3 Å². The van der Waals surface area contributed by atoms with Crippen LogP contribution in [0, 0.1) is 6.92 Å². The fourth-order valence-corrected chi connectivity index (χ4v) is 2.55. The number of aromatic amines is 1. The molecule has 1 saturated heterocycles. The Labute approximate surface area is 123 Å². The van der Waals surface area contributed by atoms with Crippen LogP contribution in [0.5, 0.6) is 0 Å². The molecule has 0 radical (unpaired) electrons. The van der Waals surface area contributed by atoms with Gasteiger partial charge in [0.25, 0.3) is 5.56 Å². The summed E-state index contributed by atoms with van der Waals surface area (Å²) in [7, 11) is 0. The normalized spacial score (nSPS) is 25.4. The van der Waals surface area contributed by atoms with Crippen molar-refractivity contribution in [2.24, 2.45) is 0 Å². The summed E-state index contributed by atoms with van der Waals surface area (Å²) < 4.78 is 7.14. The van der Waals surface area contributed by atoms with Crippen molar-refractivity contribution >= 4 is 0 Å². The number of aliphatic hydroxyl groups excluding tert-OH is 1. The minimum Gasteiger partial charge on any atom is -0.394 e. The molecule has 0 unspecified atom stereocenters. The van der Waals surface area contributed by atoms with Crippen molar-refractivity contribution in [3.8, 4) is 0 Å². The van der Waals surface area contributed by atoms with Crippen LogP contribution >= 0.6 is 0 Å². The van der Waals surface area contributed by atoms with E-state index in [0.717, 1.165) is 19.4 Å². The first-order valence-electron chi connectivity index (χ1n) is 7.38. The van der Waals surface area contributed by atoms with E-state index < -0.39 is 11.9 Å². The van der Waals surface area contributed by atoms with Gasteiger partial charge in [0, 0.05) is 11.8 Å². The number of unbranched alkanes of at least 4 members (excludes halogenated alkanes) is 1. The van der Waals surface area contributed by atoms with Crippen LogP contribution in [0.25, 0.3) is 0 Å². The van der Waals surface area contributed by atoms with Crippen molar-refractivity contribution in [3.63, 3.8) is 0 Å². The number of aliphatic hydroxyl groups is 1. The lowest BCUT2D eigenvalue weighted by Gasteiger charge is -2.22. The standard InChI is InChI=1S/C14H23N3O4/c1-3-4-5-15-11-6-10(8-18)21-13(11)17-7-9(2)12(19)16-14(17)20/h7,10-11,13,15,18H,3-6,8H2,1-2H3,(H,16,19,20)/t10-,11+,13+/m0/s1. The predicted octanol–water partition coefficient (Wildman–Crippen LogP) is -0.117. The average molecular weight is 297 g/mol. The van der Waals surface area contributed by atoms with Gasteiger partial charge in [0.2, 0.25) is 0 Å². The van der Waals surface area contributed by atoms with Crippen LogP contribution in [0.15, 0.2) is 15.8 Å². The molecule has 2 heterocycles. The Bertz CT molecular complexity index is 580. The van der Waals surface area contributed by atoms with Crippen LogP contribution in [0.4, 0.5) is 0 Å². The van der Waals surface area contributed by atoms with Gasteiger partial charge in [-0.2, -0.15) is 0 Å². The summed E-state index contributed by atoms with van der Waals surface area (Å²) in [5, 5.41) is 12.7. The molecule has 21 heavy (non-hydrogen) atoms. The highest BCUT2D eigenvalue weighted by molar-refractivity contribution is 5.02. The topological polar surface area (TPSA) is 96.3 Å². The largest absolute Gasteiger partial charge is 0.394 e. The zero-order chi connectivity index (χ0) is 15.4. The highest BCUT2D eigenvalue weighted by atomic mass is 16.5. The first kappa shape index (κ1) is 15.9. The van der Waals surface area contributed by atoms with E-state index in [1.807, 2.05) is 0 Å². The SMILES string of the molecule is CCCCN[C@@H]1C[C@@H](CO)O[C@H]1n1cc(C)c(=O)[nH]c1=O. The van der Waals surface area contributed by atoms with Crippen molar-refractivity contribution in [1.82, 2.24) is 14.9 Å². The van der Waals surface area contributed by atoms with Crippen LogP contribution in [0.2, 0.25) is 0 Å².